The lowest BCUT2D eigenvalue weighted by Crippen LogP contribution is -2.50. The Hall–Kier alpha value is -1.13. The Bertz CT molecular complexity index is 383. The van der Waals surface area contributed by atoms with Gasteiger partial charge < -0.3 is 14.6 Å². The Balaban J connectivity index is 1.95. The zero-order valence-corrected chi connectivity index (χ0v) is 7.87. The van der Waals surface area contributed by atoms with Gasteiger partial charge in [-0.15, -0.1) is 0 Å². The second kappa shape index (κ2) is 2.18. The first-order valence-electron chi connectivity index (χ1n) is 5.15. The predicted molar refractivity (Wildman–Crippen MR) is 49.2 cm³/mol. The summed E-state index contributed by atoms with van der Waals surface area (Å²) in [6, 6.07) is 0. The first-order valence-corrected chi connectivity index (χ1v) is 5.15. The van der Waals surface area contributed by atoms with Gasteiger partial charge in [-0.25, -0.2) is 0 Å². The normalized spacial score (nSPS) is 57.7. The fourth-order valence-electron chi connectivity index (χ4n) is 3.55. The molecule has 4 rings (SSSR count). The van der Waals surface area contributed by atoms with Crippen molar-refractivity contribution in [3.05, 3.63) is 24.3 Å². The molecular weight excluding hydrogens is 196 g/mol. The van der Waals surface area contributed by atoms with Gasteiger partial charge in [-0.3, -0.25) is 4.79 Å². The van der Waals surface area contributed by atoms with Crippen LogP contribution >= 0.6 is 0 Å². The van der Waals surface area contributed by atoms with Crippen LogP contribution in [0.15, 0.2) is 24.3 Å². The van der Waals surface area contributed by atoms with E-state index >= 15 is 0 Å². The van der Waals surface area contributed by atoms with Gasteiger partial charge in [0.15, 0.2) is 0 Å². The standard InChI is InChI=1S/C11H10O4/c12-10(13)11-7-3-1-5(14-7)9(11)6-2-4-8(11)15-6/h1-9H,(H,12,13)/t5-,6+,7+,8-,9?,11?. The number of carboxylic acid groups (broad SMARTS) is 1. The van der Waals surface area contributed by atoms with E-state index in [1.807, 2.05) is 24.3 Å². The van der Waals surface area contributed by atoms with Gasteiger partial charge in [0, 0.05) is 5.92 Å². The molecule has 0 aromatic carbocycles. The number of hydrogen-bond acceptors (Lipinski definition) is 3. The molecule has 0 amide bonds. The molecule has 4 heteroatoms. The van der Waals surface area contributed by atoms with Crippen LogP contribution in [0.1, 0.15) is 0 Å². The molecule has 0 saturated carbocycles. The van der Waals surface area contributed by atoms with E-state index < -0.39 is 11.4 Å². The quantitative estimate of drug-likeness (QED) is 0.629. The minimum atomic E-state index is -0.862. The number of ether oxygens (including phenoxy) is 2. The van der Waals surface area contributed by atoms with Crippen molar-refractivity contribution < 1.29 is 19.4 Å². The van der Waals surface area contributed by atoms with E-state index in [1.54, 1.807) is 0 Å². The van der Waals surface area contributed by atoms with E-state index in [1.165, 1.54) is 0 Å². The van der Waals surface area contributed by atoms with Crippen molar-refractivity contribution in [2.75, 3.05) is 0 Å². The Morgan fingerprint density at radius 2 is 1.60 bits per heavy atom. The fourth-order valence-corrected chi connectivity index (χ4v) is 3.55. The van der Waals surface area contributed by atoms with Crippen LogP contribution < -0.4 is 0 Å². The predicted octanol–water partition coefficient (Wildman–Crippen LogP) is 0.348. The molecule has 2 saturated heterocycles. The Morgan fingerprint density at radius 1 is 1.07 bits per heavy atom. The maximum atomic E-state index is 11.6. The average molecular weight is 206 g/mol. The zero-order chi connectivity index (χ0) is 10.2. The Morgan fingerprint density at radius 3 is 2.00 bits per heavy atom. The molecule has 6 atom stereocenters. The lowest BCUT2D eigenvalue weighted by Gasteiger charge is -2.33. The maximum absolute atomic E-state index is 11.6. The van der Waals surface area contributed by atoms with Gasteiger partial charge in [-0.05, 0) is 0 Å². The van der Waals surface area contributed by atoms with Crippen molar-refractivity contribution in [3.63, 3.8) is 0 Å². The Labute approximate surface area is 86.2 Å². The molecule has 4 aliphatic rings. The van der Waals surface area contributed by atoms with Gasteiger partial charge in [0.1, 0.15) is 5.41 Å². The van der Waals surface area contributed by atoms with Crippen molar-refractivity contribution in [3.8, 4) is 0 Å². The zero-order valence-electron chi connectivity index (χ0n) is 7.87. The summed E-state index contributed by atoms with van der Waals surface area (Å²) in [5.74, 6) is -0.832. The molecule has 2 unspecified atom stereocenters. The van der Waals surface area contributed by atoms with E-state index in [0.29, 0.717) is 0 Å². The smallest absolute Gasteiger partial charge is 0.316 e. The third kappa shape index (κ3) is 0.637. The van der Waals surface area contributed by atoms with Crippen molar-refractivity contribution in [1.82, 2.24) is 0 Å². The third-order valence-corrected chi connectivity index (χ3v) is 4.13. The van der Waals surface area contributed by atoms with Crippen molar-refractivity contribution >= 4 is 5.97 Å². The number of hydrogen-bond donors (Lipinski definition) is 1. The molecule has 78 valence electrons. The number of rotatable bonds is 1. The maximum Gasteiger partial charge on any atom is 0.316 e. The van der Waals surface area contributed by atoms with Crippen LogP contribution in [-0.4, -0.2) is 35.5 Å². The molecule has 0 aromatic heterocycles. The fraction of sp³-hybridized carbons (Fsp3) is 0.545. The van der Waals surface area contributed by atoms with Gasteiger partial charge in [0.2, 0.25) is 0 Å². The molecule has 4 bridgehead atoms. The summed E-state index contributed by atoms with van der Waals surface area (Å²) in [7, 11) is 0. The van der Waals surface area contributed by atoms with Crippen LogP contribution in [0.25, 0.3) is 0 Å². The van der Waals surface area contributed by atoms with Gasteiger partial charge in [-0.1, -0.05) is 24.3 Å². The summed E-state index contributed by atoms with van der Waals surface area (Å²) in [4.78, 5) is 11.6. The summed E-state index contributed by atoms with van der Waals surface area (Å²) in [5.41, 5.74) is -0.862. The van der Waals surface area contributed by atoms with E-state index in [-0.39, 0.29) is 30.3 Å². The van der Waals surface area contributed by atoms with Crippen LogP contribution in [0.5, 0.6) is 0 Å². The molecule has 2 fully saturated rings. The molecule has 4 heterocycles. The summed E-state index contributed by atoms with van der Waals surface area (Å²) < 4.78 is 11.3. The molecule has 4 nitrogen and oxygen atoms in total. The molecule has 1 N–H and O–H groups in total. The minimum absolute atomic E-state index is 0.0417. The lowest BCUT2D eigenvalue weighted by molar-refractivity contribution is -0.155. The SMILES string of the molecule is O=C(O)C12C([C@@H]3C=C[C@H]1O3)[C@H]1C=C[C@@H]2O1. The van der Waals surface area contributed by atoms with Crippen molar-refractivity contribution in [2.24, 2.45) is 11.3 Å². The summed E-state index contributed by atoms with van der Waals surface area (Å²) in [5, 5.41) is 9.49. The molecule has 0 radical (unpaired) electrons. The lowest BCUT2D eigenvalue weighted by atomic mass is 9.63. The van der Waals surface area contributed by atoms with E-state index in [4.69, 9.17) is 9.47 Å². The first kappa shape index (κ1) is 8.07. The van der Waals surface area contributed by atoms with E-state index in [9.17, 15) is 9.90 Å². The van der Waals surface area contributed by atoms with Crippen LogP contribution in [0.4, 0.5) is 0 Å². The number of carboxylic acids is 1. The summed E-state index contributed by atoms with van der Waals surface area (Å²) >= 11 is 0. The van der Waals surface area contributed by atoms with Gasteiger partial charge in [0.05, 0.1) is 24.4 Å². The average Bonchev–Trinajstić information content (AvgIpc) is 2.95. The molecule has 15 heavy (non-hydrogen) atoms. The van der Waals surface area contributed by atoms with Gasteiger partial charge in [-0.2, -0.15) is 0 Å². The van der Waals surface area contributed by atoms with Crippen LogP contribution in [0.2, 0.25) is 0 Å². The van der Waals surface area contributed by atoms with Gasteiger partial charge in [0.25, 0.3) is 0 Å². The highest BCUT2D eigenvalue weighted by atomic mass is 16.6. The first-order chi connectivity index (χ1) is 7.24. The summed E-state index contributed by atoms with van der Waals surface area (Å²) in [6.07, 6.45) is 6.88. The van der Waals surface area contributed by atoms with E-state index in [0.717, 1.165) is 0 Å². The van der Waals surface area contributed by atoms with E-state index in [2.05, 4.69) is 0 Å². The van der Waals surface area contributed by atoms with Crippen molar-refractivity contribution in [1.29, 1.82) is 0 Å². The van der Waals surface area contributed by atoms with Gasteiger partial charge >= 0.3 is 5.97 Å². The highest BCUT2D eigenvalue weighted by Gasteiger charge is 2.73. The summed E-state index contributed by atoms with van der Waals surface area (Å²) in [6.45, 7) is 0. The number of aliphatic carboxylic acids is 1. The Kier molecular flexibility index (Phi) is 1.17. The topological polar surface area (TPSA) is 55.8 Å². The number of carbonyl (C=O) groups is 1. The molecule has 4 aliphatic heterocycles. The molecular formula is C11H10O4. The second-order valence-corrected chi connectivity index (χ2v) is 4.58. The molecule has 0 spiro atoms. The largest absolute Gasteiger partial charge is 0.481 e. The van der Waals surface area contributed by atoms with Crippen molar-refractivity contribution in [2.45, 2.75) is 24.4 Å². The number of fused-ring (bicyclic) bond motifs is 9. The third-order valence-electron chi connectivity index (χ3n) is 4.13. The minimum Gasteiger partial charge on any atom is -0.481 e. The van der Waals surface area contributed by atoms with Crippen LogP contribution in [0.3, 0.4) is 0 Å². The highest BCUT2D eigenvalue weighted by molar-refractivity contribution is 5.80. The monoisotopic (exact) mass is 206 g/mol. The second-order valence-electron chi connectivity index (χ2n) is 4.58. The van der Waals surface area contributed by atoms with Crippen LogP contribution in [0, 0.1) is 11.3 Å². The highest BCUT2D eigenvalue weighted by Crippen LogP contribution is 2.60. The molecule has 0 aromatic rings. The van der Waals surface area contributed by atoms with Crippen LogP contribution in [-0.2, 0) is 14.3 Å². The molecule has 0 aliphatic carbocycles.